The van der Waals surface area contributed by atoms with Gasteiger partial charge in [-0.05, 0) is 38.0 Å². The van der Waals surface area contributed by atoms with E-state index in [-0.39, 0.29) is 16.2 Å². The van der Waals surface area contributed by atoms with Gasteiger partial charge in [0.1, 0.15) is 0 Å². The minimum Gasteiger partial charge on any atom is -0.298 e. The molecule has 1 amide bonds. The maximum atomic E-state index is 12.6. The molecule has 1 N–H and O–H groups in total. The number of Topliss-reactive ketones (excluding diaryl/α,β-unsaturated/α-hetero) is 1. The minimum absolute atomic E-state index is 0.104. The maximum absolute atomic E-state index is 12.6. The number of aromatic nitrogens is 1. The zero-order chi connectivity index (χ0) is 18.9. The molecule has 1 fully saturated rings. The monoisotopic (exact) mass is 393 g/mol. The number of amides is 1. The van der Waals surface area contributed by atoms with Gasteiger partial charge < -0.3 is 0 Å². The molecule has 3 rings (SSSR count). The van der Waals surface area contributed by atoms with Crippen LogP contribution in [0.25, 0.3) is 0 Å². The third kappa shape index (κ3) is 3.69. The lowest BCUT2D eigenvalue weighted by atomic mass is 10.2. The van der Waals surface area contributed by atoms with Crippen LogP contribution in [0.4, 0.5) is 5.13 Å². The fourth-order valence-corrected chi connectivity index (χ4v) is 5.24. The Morgan fingerprint density at radius 2 is 1.92 bits per heavy atom. The fourth-order valence-electron chi connectivity index (χ4n) is 2.82. The zero-order valence-electron chi connectivity index (χ0n) is 14.5. The number of hydrogen-bond donors (Lipinski definition) is 1. The summed E-state index contributed by atoms with van der Waals surface area (Å²) in [7, 11) is -3.59. The lowest BCUT2D eigenvalue weighted by Crippen LogP contribution is -2.28. The number of carbonyl (C=O) groups excluding carboxylic acids is 2. The van der Waals surface area contributed by atoms with Crippen molar-refractivity contribution in [2.75, 3.05) is 18.4 Å². The molecule has 0 atom stereocenters. The first-order valence-electron chi connectivity index (χ1n) is 8.19. The van der Waals surface area contributed by atoms with Crippen LogP contribution in [0.3, 0.4) is 0 Å². The SMILES string of the molecule is CC(=O)c1sc(NC(=O)c2cccc(S(=O)(=O)N3CCCC3)c2)nc1C. The van der Waals surface area contributed by atoms with Crippen molar-refractivity contribution in [1.82, 2.24) is 9.29 Å². The Hall–Kier alpha value is -2.10. The third-order valence-corrected chi connectivity index (χ3v) is 7.20. The number of thiazole rings is 1. The van der Waals surface area contributed by atoms with Gasteiger partial charge in [-0.25, -0.2) is 13.4 Å². The highest BCUT2D eigenvalue weighted by atomic mass is 32.2. The van der Waals surface area contributed by atoms with E-state index in [1.165, 1.54) is 23.4 Å². The van der Waals surface area contributed by atoms with Gasteiger partial charge in [0.15, 0.2) is 10.9 Å². The average Bonchev–Trinajstić information content (AvgIpc) is 3.25. The normalized spacial score (nSPS) is 15.2. The molecule has 0 radical (unpaired) electrons. The fraction of sp³-hybridized carbons (Fsp3) is 0.353. The van der Waals surface area contributed by atoms with Gasteiger partial charge >= 0.3 is 0 Å². The quantitative estimate of drug-likeness (QED) is 0.788. The lowest BCUT2D eigenvalue weighted by Gasteiger charge is -2.15. The number of benzene rings is 1. The Labute approximate surface area is 156 Å². The highest BCUT2D eigenvalue weighted by Crippen LogP contribution is 2.25. The summed E-state index contributed by atoms with van der Waals surface area (Å²) in [6, 6.07) is 5.96. The summed E-state index contributed by atoms with van der Waals surface area (Å²) in [6.07, 6.45) is 1.70. The number of ketones is 1. The van der Waals surface area contributed by atoms with Crippen molar-refractivity contribution in [3.05, 3.63) is 40.4 Å². The van der Waals surface area contributed by atoms with Crippen LogP contribution in [0.15, 0.2) is 29.2 Å². The molecule has 26 heavy (non-hydrogen) atoms. The molecular weight excluding hydrogens is 374 g/mol. The Bertz CT molecular complexity index is 960. The van der Waals surface area contributed by atoms with E-state index in [4.69, 9.17) is 0 Å². The van der Waals surface area contributed by atoms with Crippen LogP contribution in [0.5, 0.6) is 0 Å². The molecule has 0 spiro atoms. The average molecular weight is 393 g/mol. The van der Waals surface area contributed by atoms with Crippen LogP contribution in [-0.2, 0) is 10.0 Å². The van der Waals surface area contributed by atoms with Crippen LogP contribution in [0.2, 0.25) is 0 Å². The Balaban J connectivity index is 1.82. The number of sulfonamides is 1. The smallest absolute Gasteiger partial charge is 0.257 e. The van der Waals surface area contributed by atoms with Gasteiger partial charge in [0.25, 0.3) is 5.91 Å². The molecule has 1 aliphatic heterocycles. The van der Waals surface area contributed by atoms with Crippen molar-refractivity contribution < 1.29 is 18.0 Å². The summed E-state index contributed by atoms with van der Waals surface area (Å²) in [6.45, 7) is 4.15. The highest BCUT2D eigenvalue weighted by Gasteiger charge is 2.27. The van der Waals surface area contributed by atoms with E-state index >= 15 is 0 Å². The van der Waals surface area contributed by atoms with Crippen molar-refractivity contribution in [1.29, 1.82) is 0 Å². The topological polar surface area (TPSA) is 96.4 Å². The first-order chi connectivity index (χ1) is 12.3. The summed E-state index contributed by atoms with van der Waals surface area (Å²) in [4.78, 5) is 28.7. The van der Waals surface area contributed by atoms with E-state index in [2.05, 4.69) is 10.3 Å². The number of hydrogen-bond acceptors (Lipinski definition) is 6. The Morgan fingerprint density at radius 1 is 1.23 bits per heavy atom. The molecule has 2 aromatic rings. The summed E-state index contributed by atoms with van der Waals surface area (Å²) in [5.74, 6) is -0.577. The summed E-state index contributed by atoms with van der Waals surface area (Å²) >= 11 is 1.10. The molecule has 7 nitrogen and oxygen atoms in total. The third-order valence-electron chi connectivity index (χ3n) is 4.14. The molecule has 2 heterocycles. The van der Waals surface area contributed by atoms with Crippen LogP contribution in [0.1, 0.15) is 45.5 Å². The summed E-state index contributed by atoms with van der Waals surface area (Å²) in [5, 5.41) is 2.94. The van der Waals surface area contributed by atoms with Gasteiger partial charge in [-0.2, -0.15) is 4.31 Å². The summed E-state index contributed by atoms with van der Waals surface area (Å²) < 4.78 is 26.7. The van der Waals surface area contributed by atoms with Crippen molar-refractivity contribution in [3.8, 4) is 0 Å². The van der Waals surface area contributed by atoms with E-state index in [0.29, 0.717) is 28.8 Å². The number of carbonyl (C=O) groups is 2. The molecule has 9 heteroatoms. The molecular formula is C17H19N3O4S2. The van der Waals surface area contributed by atoms with E-state index in [0.717, 1.165) is 24.2 Å². The molecule has 0 bridgehead atoms. The van der Waals surface area contributed by atoms with Crippen LogP contribution < -0.4 is 5.32 Å². The van der Waals surface area contributed by atoms with E-state index in [1.54, 1.807) is 19.1 Å². The lowest BCUT2D eigenvalue weighted by molar-refractivity contribution is 0.101. The minimum atomic E-state index is -3.59. The van der Waals surface area contributed by atoms with Gasteiger partial charge in [0, 0.05) is 25.6 Å². The van der Waals surface area contributed by atoms with E-state index in [1.807, 2.05) is 0 Å². The van der Waals surface area contributed by atoms with Crippen molar-refractivity contribution in [3.63, 3.8) is 0 Å². The molecule has 138 valence electrons. The predicted molar refractivity (Wildman–Crippen MR) is 99.2 cm³/mol. The Morgan fingerprint density at radius 3 is 2.54 bits per heavy atom. The number of anilines is 1. The van der Waals surface area contributed by atoms with Crippen LogP contribution >= 0.6 is 11.3 Å². The van der Waals surface area contributed by atoms with Crippen molar-refractivity contribution in [2.45, 2.75) is 31.6 Å². The molecule has 1 aromatic heterocycles. The molecule has 0 unspecified atom stereocenters. The van der Waals surface area contributed by atoms with Crippen LogP contribution in [0, 0.1) is 6.92 Å². The predicted octanol–water partition coefficient (Wildman–Crippen LogP) is 2.69. The molecule has 1 aromatic carbocycles. The van der Waals surface area contributed by atoms with Gasteiger partial charge in [-0.1, -0.05) is 17.4 Å². The highest BCUT2D eigenvalue weighted by molar-refractivity contribution is 7.89. The number of aryl methyl sites for hydroxylation is 1. The zero-order valence-corrected chi connectivity index (χ0v) is 16.1. The number of rotatable bonds is 5. The van der Waals surface area contributed by atoms with E-state index < -0.39 is 15.9 Å². The molecule has 0 aliphatic carbocycles. The number of nitrogens with one attached hydrogen (secondary N) is 1. The second kappa shape index (κ2) is 7.26. The van der Waals surface area contributed by atoms with Gasteiger partial charge in [-0.15, -0.1) is 0 Å². The Kier molecular flexibility index (Phi) is 5.22. The molecule has 1 saturated heterocycles. The second-order valence-corrected chi connectivity index (χ2v) is 9.02. The first kappa shape index (κ1) is 18.7. The summed E-state index contributed by atoms with van der Waals surface area (Å²) in [5.41, 5.74) is 0.783. The standard InChI is InChI=1S/C17H19N3O4S2/c1-11-15(12(2)21)25-17(18-11)19-16(22)13-6-5-7-14(10-13)26(23,24)20-8-3-4-9-20/h5-7,10H,3-4,8-9H2,1-2H3,(H,18,19,22). The van der Waals surface area contributed by atoms with Gasteiger partial charge in [-0.3, -0.25) is 14.9 Å². The number of nitrogens with zero attached hydrogens (tertiary/aromatic N) is 2. The first-order valence-corrected chi connectivity index (χ1v) is 10.4. The molecule has 1 aliphatic rings. The second-order valence-electron chi connectivity index (χ2n) is 6.08. The van der Waals surface area contributed by atoms with Crippen molar-refractivity contribution in [2.24, 2.45) is 0 Å². The largest absolute Gasteiger partial charge is 0.298 e. The maximum Gasteiger partial charge on any atom is 0.257 e. The van der Waals surface area contributed by atoms with Gasteiger partial charge in [0.2, 0.25) is 10.0 Å². The molecule has 0 saturated carbocycles. The van der Waals surface area contributed by atoms with Crippen LogP contribution in [-0.4, -0.2) is 42.5 Å². The van der Waals surface area contributed by atoms with Gasteiger partial charge in [0.05, 0.1) is 15.5 Å². The van der Waals surface area contributed by atoms with E-state index in [9.17, 15) is 18.0 Å². The van der Waals surface area contributed by atoms with Crippen molar-refractivity contribution >= 4 is 38.2 Å².